The second kappa shape index (κ2) is 8.20. The first-order valence-electron chi connectivity index (χ1n) is 5.81. The van der Waals surface area contributed by atoms with Crippen molar-refractivity contribution in [2.75, 3.05) is 18.8 Å². The molecule has 2 N–H and O–H groups in total. The van der Waals surface area contributed by atoms with Crippen molar-refractivity contribution in [1.29, 1.82) is 0 Å². The molecule has 0 aromatic heterocycles. The summed E-state index contributed by atoms with van der Waals surface area (Å²) in [6.45, 7) is 5.77. The van der Waals surface area contributed by atoms with Gasteiger partial charge < -0.3 is 10.6 Å². The number of amides is 1. The number of hydrogen-bond acceptors (Lipinski definition) is 3. The SMILES string of the molecule is CCCCSC(C)C(=O)N1CC[C@@H](N)C1.Cl. The molecule has 5 heteroatoms. The Kier molecular flexibility index (Phi) is 8.24. The lowest BCUT2D eigenvalue weighted by Gasteiger charge is -2.20. The molecule has 0 aliphatic carbocycles. The Balaban J connectivity index is 0.00000225. The molecule has 1 rings (SSSR count). The van der Waals surface area contributed by atoms with Crippen LogP contribution in [0.1, 0.15) is 33.1 Å². The van der Waals surface area contributed by atoms with Gasteiger partial charge in [0, 0.05) is 19.1 Å². The molecule has 2 atom stereocenters. The first-order chi connectivity index (χ1) is 7.15. The van der Waals surface area contributed by atoms with Gasteiger partial charge in [-0.05, 0) is 25.5 Å². The van der Waals surface area contributed by atoms with Crippen LogP contribution in [0.15, 0.2) is 0 Å². The summed E-state index contributed by atoms with van der Waals surface area (Å²) < 4.78 is 0. The zero-order chi connectivity index (χ0) is 11.3. The van der Waals surface area contributed by atoms with Gasteiger partial charge in [-0.15, -0.1) is 24.2 Å². The molecule has 0 radical (unpaired) electrons. The molecule has 0 bridgehead atoms. The third kappa shape index (κ3) is 4.93. The number of unbranched alkanes of at least 4 members (excludes halogenated alkanes) is 1. The van der Waals surface area contributed by atoms with Crippen LogP contribution in [0.3, 0.4) is 0 Å². The molecule has 1 saturated heterocycles. The van der Waals surface area contributed by atoms with Crippen molar-refractivity contribution in [2.45, 2.75) is 44.4 Å². The Morgan fingerprint density at radius 3 is 2.81 bits per heavy atom. The molecular weight excluding hydrogens is 244 g/mol. The van der Waals surface area contributed by atoms with Crippen molar-refractivity contribution in [3.63, 3.8) is 0 Å². The third-order valence-electron chi connectivity index (χ3n) is 2.75. The van der Waals surface area contributed by atoms with E-state index in [4.69, 9.17) is 5.73 Å². The molecule has 16 heavy (non-hydrogen) atoms. The van der Waals surface area contributed by atoms with Crippen LogP contribution in [0.5, 0.6) is 0 Å². The average molecular weight is 267 g/mol. The van der Waals surface area contributed by atoms with Crippen molar-refractivity contribution in [3.8, 4) is 0 Å². The van der Waals surface area contributed by atoms with E-state index in [9.17, 15) is 4.79 Å². The van der Waals surface area contributed by atoms with E-state index >= 15 is 0 Å². The summed E-state index contributed by atoms with van der Waals surface area (Å²) in [5, 5.41) is 0.0989. The van der Waals surface area contributed by atoms with E-state index in [0.717, 1.165) is 25.3 Å². The fourth-order valence-electron chi connectivity index (χ4n) is 1.72. The van der Waals surface area contributed by atoms with Crippen molar-refractivity contribution in [2.24, 2.45) is 5.73 Å². The molecule has 1 fully saturated rings. The Labute approximate surface area is 109 Å². The van der Waals surface area contributed by atoms with Gasteiger partial charge >= 0.3 is 0 Å². The van der Waals surface area contributed by atoms with Crippen LogP contribution in [0.4, 0.5) is 0 Å². The highest BCUT2D eigenvalue weighted by molar-refractivity contribution is 8.00. The number of rotatable bonds is 5. The molecule has 0 spiro atoms. The van der Waals surface area contributed by atoms with Gasteiger partial charge in [0.15, 0.2) is 0 Å². The van der Waals surface area contributed by atoms with Crippen molar-refractivity contribution in [1.82, 2.24) is 4.90 Å². The van der Waals surface area contributed by atoms with Crippen LogP contribution >= 0.6 is 24.2 Å². The number of carbonyl (C=O) groups excluding carboxylic acids is 1. The van der Waals surface area contributed by atoms with Crippen LogP contribution in [0, 0.1) is 0 Å². The first-order valence-corrected chi connectivity index (χ1v) is 6.86. The molecule has 0 saturated carbocycles. The average Bonchev–Trinajstić information content (AvgIpc) is 2.64. The molecule has 0 aromatic carbocycles. The minimum Gasteiger partial charge on any atom is -0.340 e. The van der Waals surface area contributed by atoms with Gasteiger partial charge in [0.05, 0.1) is 5.25 Å². The minimum atomic E-state index is 0. The third-order valence-corrected chi connectivity index (χ3v) is 3.98. The fourth-order valence-corrected chi connectivity index (χ4v) is 2.82. The number of halogens is 1. The molecular formula is C11H23ClN2OS. The summed E-state index contributed by atoms with van der Waals surface area (Å²) in [6, 6.07) is 0.196. The molecule has 1 unspecified atom stereocenters. The van der Waals surface area contributed by atoms with Crippen molar-refractivity contribution >= 4 is 30.1 Å². The number of likely N-dealkylation sites (tertiary alicyclic amines) is 1. The maximum atomic E-state index is 11.9. The second-order valence-corrected chi connectivity index (χ2v) is 5.65. The molecule has 3 nitrogen and oxygen atoms in total. The second-order valence-electron chi connectivity index (χ2n) is 4.20. The highest BCUT2D eigenvalue weighted by Gasteiger charge is 2.26. The first kappa shape index (κ1) is 16.1. The zero-order valence-electron chi connectivity index (χ0n) is 10.1. The highest BCUT2D eigenvalue weighted by Crippen LogP contribution is 2.18. The van der Waals surface area contributed by atoms with Crippen LogP contribution in [0.2, 0.25) is 0 Å². The molecule has 0 aromatic rings. The lowest BCUT2D eigenvalue weighted by atomic mass is 10.3. The molecule has 96 valence electrons. The number of nitrogens with two attached hydrogens (primary N) is 1. The molecule has 1 amide bonds. The summed E-state index contributed by atoms with van der Waals surface area (Å²) in [4.78, 5) is 13.8. The number of hydrogen-bond donors (Lipinski definition) is 1. The predicted molar refractivity (Wildman–Crippen MR) is 73.2 cm³/mol. The molecule has 1 aliphatic rings. The predicted octanol–water partition coefficient (Wildman–Crippen LogP) is 1.89. The van der Waals surface area contributed by atoms with E-state index in [2.05, 4.69) is 6.92 Å². The lowest BCUT2D eigenvalue weighted by molar-refractivity contribution is -0.129. The Hall–Kier alpha value is 0.0700. The standard InChI is InChI=1S/C11H22N2OS.ClH/c1-3-4-7-15-9(2)11(14)13-6-5-10(12)8-13;/h9-10H,3-8,12H2,1-2H3;1H/t9?,10-;/m1./s1. The highest BCUT2D eigenvalue weighted by atomic mass is 35.5. The van der Waals surface area contributed by atoms with Crippen LogP contribution in [-0.2, 0) is 4.79 Å². The Morgan fingerprint density at radius 2 is 2.31 bits per heavy atom. The topological polar surface area (TPSA) is 46.3 Å². The molecule has 1 aliphatic heterocycles. The number of carbonyl (C=O) groups is 1. The van der Waals surface area contributed by atoms with Crippen LogP contribution in [-0.4, -0.2) is 40.9 Å². The molecule has 1 heterocycles. The van der Waals surface area contributed by atoms with Crippen LogP contribution in [0.25, 0.3) is 0 Å². The summed E-state index contributed by atoms with van der Waals surface area (Å²) >= 11 is 1.77. The van der Waals surface area contributed by atoms with Gasteiger partial charge in [-0.2, -0.15) is 0 Å². The van der Waals surface area contributed by atoms with Gasteiger partial charge in [-0.3, -0.25) is 4.79 Å². The van der Waals surface area contributed by atoms with Gasteiger partial charge in [0.1, 0.15) is 0 Å². The monoisotopic (exact) mass is 266 g/mol. The van der Waals surface area contributed by atoms with Gasteiger partial charge in [0.25, 0.3) is 0 Å². The zero-order valence-corrected chi connectivity index (χ0v) is 11.8. The summed E-state index contributed by atoms with van der Waals surface area (Å²) in [6.07, 6.45) is 3.35. The van der Waals surface area contributed by atoms with E-state index in [0.29, 0.717) is 0 Å². The van der Waals surface area contributed by atoms with Gasteiger partial charge in [-0.25, -0.2) is 0 Å². The maximum absolute atomic E-state index is 11.9. The quantitative estimate of drug-likeness (QED) is 0.773. The fraction of sp³-hybridized carbons (Fsp3) is 0.909. The van der Waals surface area contributed by atoms with E-state index in [1.807, 2.05) is 11.8 Å². The normalized spacial score (nSPS) is 21.7. The number of thioether (sulfide) groups is 1. The van der Waals surface area contributed by atoms with Crippen molar-refractivity contribution < 1.29 is 4.79 Å². The minimum absolute atomic E-state index is 0. The van der Waals surface area contributed by atoms with Crippen molar-refractivity contribution in [3.05, 3.63) is 0 Å². The largest absolute Gasteiger partial charge is 0.340 e. The van der Waals surface area contributed by atoms with Crippen LogP contribution < -0.4 is 5.73 Å². The van der Waals surface area contributed by atoms with Gasteiger partial charge in [0.2, 0.25) is 5.91 Å². The Bertz CT molecular complexity index is 216. The summed E-state index contributed by atoms with van der Waals surface area (Å²) in [5.41, 5.74) is 5.78. The summed E-state index contributed by atoms with van der Waals surface area (Å²) in [7, 11) is 0. The van der Waals surface area contributed by atoms with Gasteiger partial charge in [-0.1, -0.05) is 13.3 Å². The lowest BCUT2D eigenvalue weighted by Crippen LogP contribution is -2.36. The van der Waals surface area contributed by atoms with E-state index < -0.39 is 0 Å². The van der Waals surface area contributed by atoms with E-state index in [-0.39, 0.29) is 29.6 Å². The number of nitrogens with zero attached hydrogens (tertiary/aromatic N) is 1. The summed E-state index contributed by atoms with van der Waals surface area (Å²) in [5.74, 6) is 1.35. The Morgan fingerprint density at radius 1 is 1.62 bits per heavy atom. The maximum Gasteiger partial charge on any atom is 0.235 e. The smallest absolute Gasteiger partial charge is 0.235 e. The van der Waals surface area contributed by atoms with E-state index in [1.165, 1.54) is 12.8 Å². The van der Waals surface area contributed by atoms with E-state index in [1.54, 1.807) is 11.8 Å².